The van der Waals surface area contributed by atoms with Gasteiger partial charge in [0.25, 0.3) is 0 Å². The number of allylic oxidation sites excluding steroid dienone is 1. The second-order valence-corrected chi connectivity index (χ2v) is 8.77. The number of carbonyl (C=O) groups is 1. The van der Waals surface area contributed by atoms with Crippen molar-refractivity contribution in [1.82, 2.24) is 4.31 Å². The van der Waals surface area contributed by atoms with Gasteiger partial charge in [0, 0.05) is 26.2 Å². The van der Waals surface area contributed by atoms with Crippen molar-refractivity contribution in [2.45, 2.75) is 4.90 Å². The molecule has 0 unspecified atom stereocenters. The lowest BCUT2D eigenvalue weighted by Crippen LogP contribution is -2.48. The van der Waals surface area contributed by atoms with Gasteiger partial charge in [0.2, 0.25) is 15.3 Å². The van der Waals surface area contributed by atoms with E-state index in [9.17, 15) is 13.2 Å². The molecule has 0 radical (unpaired) electrons. The number of benzene rings is 2. The van der Waals surface area contributed by atoms with Crippen LogP contribution in [0.2, 0.25) is 5.02 Å². The second-order valence-electron chi connectivity index (χ2n) is 6.05. The van der Waals surface area contributed by atoms with Crippen molar-refractivity contribution in [1.29, 1.82) is 0 Å². The summed E-state index contributed by atoms with van der Waals surface area (Å²) in [5.41, 5.74) is 1.51. The zero-order valence-corrected chi connectivity index (χ0v) is 16.7. The molecule has 8 heteroatoms. The first kappa shape index (κ1) is 19.9. The van der Waals surface area contributed by atoms with E-state index in [1.165, 1.54) is 22.5 Å². The Morgan fingerprint density at radius 1 is 1.00 bits per heavy atom. The molecule has 0 aliphatic carbocycles. The van der Waals surface area contributed by atoms with E-state index in [2.05, 4.69) is 4.90 Å². The van der Waals surface area contributed by atoms with Crippen LogP contribution < -0.4 is 4.90 Å². The van der Waals surface area contributed by atoms with Crippen LogP contribution in [0.25, 0.3) is 6.08 Å². The smallest absolute Gasteiger partial charge is 0.245 e. The number of sulfonamides is 1. The quantitative estimate of drug-likeness (QED) is 0.542. The number of halogens is 2. The summed E-state index contributed by atoms with van der Waals surface area (Å²) in [6, 6.07) is 14.0. The average molecular weight is 425 g/mol. The van der Waals surface area contributed by atoms with Crippen LogP contribution in [-0.2, 0) is 14.8 Å². The highest BCUT2D eigenvalue weighted by atomic mass is 35.5. The van der Waals surface area contributed by atoms with Gasteiger partial charge in [0.15, 0.2) is 0 Å². The molecule has 0 aromatic heterocycles. The Balaban J connectivity index is 1.75. The van der Waals surface area contributed by atoms with Gasteiger partial charge in [-0.05, 0) is 47.5 Å². The topological polar surface area (TPSA) is 57.7 Å². The first-order valence-electron chi connectivity index (χ1n) is 8.35. The molecule has 5 nitrogen and oxygen atoms in total. The molecule has 1 saturated heterocycles. The molecule has 2 aromatic rings. The van der Waals surface area contributed by atoms with Crippen molar-refractivity contribution < 1.29 is 13.2 Å². The number of nitrogens with zero attached hydrogens (tertiary/aromatic N) is 2. The SMILES string of the molecule is O=C(Cl)/C=C/c1cccc(S(=O)(=O)N2CCN(c3ccccc3Cl)CC2)c1. The average Bonchev–Trinajstić information content (AvgIpc) is 2.67. The van der Waals surface area contributed by atoms with E-state index in [4.69, 9.17) is 23.2 Å². The van der Waals surface area contributed by atoms with Crippen molar-refractivity contribution in [3.63, 3.8) is 0 Å². The minimum atomic E-state index is -3.62. The Kier molecular flexibility index (Phi) is 6.22. The number of anilines is 1. The molecule has 1 fully saturated rings. The van der Waals surface area contributed by atoms with Crippen LogP contribution >= 0.6 is 23.2 Å². The fourth-order valence-corrected chi connectivity index (χ4v) is 4.76. The monoisotopic (exact) mass is 424 g/mol. The van der Waals surface area contributed by atoms with Gasteiger partial charge in [0.05, 0.1) is 15.6 Å². The highest BCUT2D eigenvalue weighted by Crippen LogP contribution is 2.27. The van der Waals surface area contributed by atoms with Crippen LogP contribution in [-0.4, -0.2) is 44.1 Å². The third-order valence-corrected chi connectivity index (χ3v) is 6.67. The second kappa shape index (κ2) is 8.44. The van der Waals surface area contributed by atoms with Crippen LogP contribution in [0.15, 0.2) is 59.5 Å². The maximum atomic E-state index is 13.0. The summed E-state index contributed by atoms with van der Waals surface area (Å²) in [6.45, 7) is 1.86. The number of carbonyl (C=O) groups excluding carboxylic acids is 1. The summed E-state index contributed by atoms with van der Waals surface area (Å²) in [5, 5.41) is 0.0427. The molecule has 2 aromatic carbocycles. The summed E-state index contributed by atoms with van der Waals surface area (Å²) in [7, 11) is -3.62. The molecule has 0 spiro atoms. The molecule has 1 aliphatic rings. The standard InChI is InChI=1S/C19H18Cl2N2O3S/c20-17-6-1-2-7-18(17)22-10-12-23(13-11-22)27(25,26)16-5-3-4-15(14-16)8-9-19(21)24/h1-9,14H,10-13H2/b9-8+. The first-order valence-corrected chi connectivity index (χ1v) is 10.5. The van der Waals surface area contributed by atoms with E-state index in [-0.39, 0.29) is 4.90 Å². The van der Waals surface area contributed by atoms with E-state index in [0.717, 1.165) is 5.69 Å². The minimum Gasteiger partial charge on any atom is -0.368 e. The van der Waals surface area contributed by atoms with Gasteiger partial charge in [-0.2, -0.15) is 4.31 Å². The van der Waals surface area contributed by atoms with Crippen molar-refractivity contribution >= 4 is 50.2 Å². The number of hydrogen-bond acceptors (Lipinski definition) is 4. The third kappa shape index (κ3) is 4.71. The molecule has 3 rings (SSSR count). The Morgan fingerprint density at radius 3 is 2.37 bits per heavy atom. The zero-order chi connectivity index (χ0) is 19.4. The zero-order valence-electron chi connectivity index (χ0n) is 14.4. The van der Waals surface area contributed by atoms with E-state index in [0.29, 0.717) is 36.8 Å². The molecule has 142 valence electrons. The summed E-state index contributed by atoms with van der Waals surface area (Å²) in [5.74, 6) is 0. The Bertz CT molecular complexity index is 968. The van der Waals surface area contributed by atoms with Gasteiger partial charge in [0.1, 0.15) is 0 Å². The normalized spacial score (nSPS) is 16.0. The number of hydrogen-bond donors (Lipinski definition) is 0. The van der Waals surface area contributed by atoms with Crippen LogP contribution in [0.4, 0.5) is 5.69 Å². The van der Waals surface area contributed by atoms with Gasteiger partial charge < -0.3 is 4.90 Å². The highest BCUT2D eigenvalue weighted by molar-refractivity contribution is 7.89. The minimum absolute atomic E-state index is 0.192. The van der Waals surface area contributed by atoms with Gasteiger partial charge in [-0.3, -0.25) is 4.79 Å². The van der Waals surface area contributed by atoms with E-state index < -0.39 is 15.3 Å². The molecule has 1 aliphatic heterocycles. The van der Waals surface area contributed by atoms with Gasteiger partial charge in [-0.1, -0.05) is 41.9 Å². The molecular formula is C19H18Cl2N2O3S. The molecule has 0 saturated carbocycles. The van der Waals surface area contributed by atoms with E-state index in [1.54, 1.807) is 18.2 Å². The maximum absolute atomic E-state index is 13.0. The summed E-state index contributed by atoms with van der Waals surface area (Å²) in [6.07, 6.45) is 2.68. The summed E-state index contributed by atoms with van der Waals surface area (Å²) < 4.78 is 27.4. The number of piperazine rings is 1. The van der Waals surface area contributed by atoms with Crippen molar-refractivity contribution in [2.24, 2.45) is 0 Å². The highest BCUT2D eigenvalue weighted by Gasteiger charge is 2.29. The Hall–Kier alpha value is -1.86. The van der Waals surface area contributed by atoms with Crippen LogP contribution in [0.5, 0.6) is 0 Å². The van der Waals surface area contributed by atoms with Crippen LogP contribution in [0.1, 0.15) is 5.56 Å². The molecule has 0 amide bonds. The number of para-hydroxylation sites is 1. The summed E-state index contributed by atoms with van der Waals surface area (Å²) >= 11 is 11.5. The van der Waals surface area contributed by atoms with Gasteiger partial charge >= 0.3 is 0 Å². The molecule has 0 atom stereocenters. The lowest BCUT2D eigenvalue weighted by molar-refractivity contribution is -0.107. The third-order valence-electron chi connectivity index (χ3n) is 4.33. The van der Waals surface area contributed by atoms with Crippen molar-refractivity contribution in [3.05, 3.63) is 65.2 Å². The molecule has 0 bridgehead atoms. The van der Waals surface area contributed by atoms with Gasteiger partial charge in [-0.15, -0.1) is 0 Å². The first-order chi connectivity index (χ1) is 12.9. The summed E-state index contributed by atoms with van der Waals surface area (Å²) in [4.78, 5) is 13.1. The molecule has 1 heterocycles. The van der Waals surface area contributed by atoms with E-state index >= 15 is 0 Å². The Labute approximate surface area is 168 Å². The predicted octanol–water partition coefficient (Wildman–Crippen LogP) is 3.63. The van der Waals surface area contributed by atoms with Crippen LogP contribution in [0.3, 0.4) is 0 Å². The molecular weight excluding hydrogens is 407 g/mol. The molecule has 27 heavy (non-hydrogen) atoms. The maximum Gasteiger partial charge on any atom is 0.245 e. The fraction of sp³-hybridized carbons (Fsp3) is 0.211. The van der Waals surface area contributed by atoms with E-state index in [1.807, 2.05) is 24.3 Å². The number of rotatable bonds is 5. The Morgan fingerprint density at radius 2 is 1.70 bits per heavy atom. The lowest BCUT2D eigenvalue weighted by atomic mass is 10.2. The fourth-order valence-electron chi connectivity index (χ4n) is 2.97. The van der Waals surface area contributed by atoms with Crippen molar-refractivity contribution in [2.75, 3.05) is 31.1 Å². The molecule has 0 N–H and O–H groups in total. The predicted molar refractivity (Wildman–Crippen MR) is 109 cm³/mol. The van der Waals surface area contributed by atoms with Crippen molar-refractivity contribution in [3.8, 4) is 0 Å². The lowest BCUT2D eigenvalue weighted by Gasteiger charge is -2.35. The largest absolute Gasteiger partial charge is 0.368 e. The van der Waals surface area contributed by atoms with Gasteiger partial charge in [-0.25, -0.2) is 8.42 Å². The van der Waals surface area contributed by atoms with Crippen LogP contribution in [0, 0.1) is 0 Å².